The van der Waals surface area contributed by atoms with Crippen LogP contribution >= 0.6 is 0 Å². The Morgan fingerprint density at radius 2 is 1.58 bits per heavy atom. The van der Waals surface area contributed by atoms with Crippen LogP contribution in [0.5, 0.6) is 5.75 Å². The largest absolute Gasteiger partial charge is 0.497 e. The van der Waals surface area contributed by atoms with E-state index in [1.165, 1.54) is 6.07 Å². The SMILES string of the molecule is CCCN(CCC)C(=O)c1cc(C)cc(C(=O)N[C@@H](Cc2cc(F)c(F)c(F)c2)[C@H](O)CNCc2cccc(OC)c2)c1. The number of hydrogen-bond acceptors (Lipinski definition) is 5. The van der Waals surface area contributed by atoms with E-state index in [0.29, 0.717) is 36.5 Å². The summed E-state index contributed by atoms with van der Waals surface area (Å²) in [5.74, 6) is -4.41. The molecule has 3 aromatic carbocycles. The van der Waals surface area contributed by atoms with Crippen molar-refractivity contribution in [1.29, 1.82) is 0 Å². The maximum atomic E-state index is 14.0. The molecule has 3 N–H and O–H groups in total. The second-order valence-corrected chi connectivity index (χ2v) is 10.6. The number of aliphatic hydroxyl groups is 1. The van der Waals surface area contributed by atoms with Gasteiger partial charge in [-0.05, 0) is 85.3 Å². The monoisotopic (exact) mass is 599 g/mol. The Kier molecular flexibility index (Phi) is 12.6. The van der Waals surface area contributed by atoms with E-state index in [1.807, 2.05) is 32.0 Å². The van der Waals surface area contributed by atoms with Gasteiger partial charge in [0.25, 0.3) is 11.8 Å². The molecule has 0 aliphatic rings. The van der Waals surface area contributed by atoms with Crippen molar-refractivity contribution in [3.63, 3.8) is 0 Å². The summed E-state index contributed by atoms with van der Waals surface area (Å²) in [5, 5.41) is 17.0. The van der Waals surface area contributed by atoms with Gasteiger partial charge in [-0.2, -0.15) is 0 Å². The van der Waals surface area contributed by atoms with E-state index in [2.05, 4.69) is 10.6 Å². The van der Waals surface area contributed by atoms with Crippen molar-refractivity contribution < 1.29 is 32.6 Å². The van der Waals surface area contributed by atoms with Gasteiger partial charge in [-0.1, -0.05) is 26.0 Å². The molecule has 232 valence electrons. The van der Waals surface area contributed by atoms with E-state index >= 15 is 0 Å². The number of hydrogen-bond donors (Lipinski definition) is 3. The normalized spacial score (nSPS) is 12.5. The van der Waals surface area contributed by atoms with Crippen LogP contribution < -0.4 is 15.4 Å². The van der Waals surface area contributed by atoms with Gasteiger partial charge < -0.3 is 25.4 Å². The molecule has 0 radical (unpaired) electrons. The van der Waals surface area contributed by atoms with Gasteiger partial charge >= 0.3 is 0 Å². The fourth-order valence-electron chi connectivity index (χ4n) is 4.88. The van der Waals surface area contributed by atoms with Gasteiger partial charge in [0, 0.05) is 37.3 Å². The molecule has 3 aromatic rings. The molecule has 0 bridgehead atoms. The third-order valence-corrected chi connectivity index (χ3v) is 6.96. The van der Waals surface area contributed by atoms with Gasteiger partial charge in [0.15, 0.2) is 17.5 Å². The first-order valence-electron chi connectivity index (χ1n) is 14.4. The first-order chi connectivity index (χ1) is 20.6. The Balaban J connectivity index is 1.83. The quantitative estimate of drug-likeness (QED) is 0.210. The predicted octanol–water partition coefficient (Wildman–Crippen LogP) is 5.17. The molecular formula is C33H40F3N3O4. The van der Waals surface area contributed by atoms with Crippen LogP contribution in [0.15, 0.2) is 54.6 Å². The fourth-order valence-corrected chi connectivity index (χ4v) is 4.88. The number of aryl methyl sites for hydroxylation is 1. The molecule has 0 unspecified atom stereocenters. The zero-order valence-electron chi connectivity index (χ0n) is 25.1. The van der Waals surface area contributed by atoms with Crippen molar-refractivity contribution in [2.75, 3.05) is 26.7 Å². The minimum Gasteiger partial charge on any atom is -0.497 e. The maximum Gasteiger partial charge on any atom is 0.253 e. The molecular weight excluding hydrogens is 559 g/mol. The Morgan fingerprint density at radius 3 is 2.21 bits per heavy atom. The molecule has 0 aliphatic carbocycles. The molecule has 0 spiro atoms. The Morgan fingerprint density at radius 1 is 0.930 bits per heavy atom. The van der Waals surface area contributed by atoms with Crippen LogP contribution in [0.2, 0.25) is 0 Å². The first-order valence-corrected chi connectivity index (χ1v) is 14.4. The summed E-state index contributed by atoms with van der Waals surface area (Å²) in [4.78, 5) is 28.4. The maximum absolute atomic E-state index is 14.0. The fraction of sp³-hybridized carbons (Fsp3) is 0.394. The topological polar surface area (TPSA) is 90.9 Å². The summed E-state index contributed by atoms with van der Waals surface area (Å²) >= 11 is 0. The van der Waals surface area contributed by atoms with Crippen molar-refractivity contribution in [2.24, 2.45) is 0 Å². The lowest BCUT2D eigenvalue weighted by molar-refractivity contribution is 0.0755. The molecule has 43 heavy (non-hydrogen) atoms. The van der Waals surface area contributed by atoms with Crippen molar-refractivity contribution in [3.8, 4) is 5.75 Å². The van der Waals surface area contributed by atoms with Gasteiger partial charge in [0.1, 0.15) is 5.75 Å². The third-order valence-electron chi connectivity index (χ3n) is 6.96. The number of ether oxygens (including phenoxy) is 1. The lowest BCUT2D eigenvalue weighted by atomic mass is 9.99. The number of aliphatic hydroxyl groups excluding tert-OH is 1. The van der Waals surface area contributed by atoms with Crippen LogP contribution in [0.25, 0.3) is 0 Å². The molecule has 0 aliphatic heterocycles. The van der Waals surface area contributed by atoms with Crippen LogP contribution in [-0.4, -0.2) is 60.7 Å². The predicted molar refractivity (Wildman–Crippen MR) is 160 cm³/mol. The molecule has 2 atom stereocenters. The molecule has 0 aromatic heterocycles. The van der Waals surface area contributed by atoms with Gasteiger partial charge in [0.05, 0.1) is 19.3 Å². The minimum absolute atomic E-state index is 0.0227. The average Bonchev–Trinajstić information content (AvgIpc) is 2.98. The highest BCUT2D eigenvalue weighted by atomic mass is 19.2. The summed E-state index contributed by atoms with van der Waals surface area (Å²) in [6.07, 6.45) is 0.212. The van der Waals surface area contributed by atoms with Gasteiger partial charge in [0.2, 0.25) is 0 Å². The average molecular weight is 600 g/mol. The Labute approximate surface area is 251 Å². The number of amides is 2. The molecule has 10 heteroatoms. The van der Waals surface area contributed by atoms with Crippen molar-refractivity contribution in [1.82, 2.24) is 15.5 Å². The standard InChI is InChI=1S/C33H40F3N3O4/c1-5-10-39(11-6-2)33(42)25-13-21(3)12-24(18-25)32(41)38-29(17-23-15-27(34)31(36)28(35)16-23)30(40)20-37-19-22-8-7-9-26(14-22)43-4/h7-9,12-16,18,29-30,37,40H,5-6,10-11,17,19-20H2,1-4H3,(H,38,41)/t29-,30+/m0/s1. The summed E-state index contributed by atoms with van der Waals surface area (Å²) < 4.78 is 46.8. The minimum atomic E-state index is -1.60. The van der Waals surface area contributed by atoms with Crippen LogP contribution in [-0.2, 0) is 13.0 Å². The lowest BCUT2D eigenvalue weighted by Crippen LogP contribution is -2.48. The van der Waals surface area contributed by atoms with E-state index in [0.717, 1.165) is 30.5 Å². The van der Waals surface area contributed by atoms with Gasteiger partial charge in [-0.3, -0.25) is 9.59 Å². The smallest absolute Gasteiger partial charge is 0.253 e. The zero-order chi connectivity index (χ0) is 31.5. The van der Waals surface area contributed by atoms with Gasteiger partial charge in [-0.15, -0.1) is 0 Å². The number of carbonyl (C=O) groups excluding carboxylic acids is 2. The van der Waals surface area contributed by atoms with Crippen LogP contribution in [0.3, 0.4) is 0 Å². The highest BCUT2D eigenvalue weighted by molar-refractivity contribution is 6.00. The van der Waals surface area contributed by atoms with E-state index in [9.17, 15) is 27.9 Å². The number of nitrogens with one attached hydrogen (secondary N) is 2. The Bertz CT molecular complexity index is 1370. The van der Waals surface area contributed by atoms with Gasteiger partial charge in [-0.25, -0.2) is 13.2 Å². The second kappa shape index (κ2) is 16.1. The van der Waals surface area contributed by atoms with Crippen LogP contribution in [0.4, 0.5) is 13.2 Å². The summed E-state index contributed by atoms with van der Waals surface area (Å²) in [6.45, 7) is 7.32. The first kappa shape index (κ1) is 33.6. The molecule has 0 fully saturated rings. The number of nitrogens with zero attached hydrogens (tertiary/aromatic N) is 1. The molecule has 0 saturated heterocycles. The van der Waals surface area contributed by atoms with E-state index < -0.39 is 35.5 Å². The number of rotatable bonds is 15. The van der Waals surface area contributed by atoms with Crippen LogP contribution in [0.1, 0.15) is 64.1 Å². The molecule has 7 nitrogen and oxygen atoms in total. The highest BCUT2D eigenvalue weighted by Gasteiger charge is 2.25. The number of methoxy groups -OCH3 is 1. The van der Waals surface area contributed by atoms with E-state index in [-0.39, 0.29) is 30.0 Å². The summed E-state index contributed by atoms with van der Waals surface area (Å²) in [5.41, 5.74) is 2.22. The molecule has 0 saturated carbocycles. The highest BCUT2D eigenvalue weighted by Crippen LogP contribution is 2.18. The van der Waals surface area contributed by atoms with Crippen LogP contribution in [0, 0.1) is 24.4 Å². The van der Waals surface area contributed by atoms with Crippen molar-refractivity contribution >= 4 is 11.8 Å². The van der Waals surface area contributed by atoms with E-state index in [1.54, 1.807) is 37.1 Å². The number of benzene rings is 3. The number of carbonyl (C=O) groups is 2. The second-order valence-electron chi connectivity index (χ2n) is 10.6. The third kappa shape index (κ3) is 9.56. The molecule has 2 amide bonds. The van der Waals surface area contributed by atoms with Crippen molar-refractivity contribution in [2.45, 2.75) is 58.7 Å². The zero-order valence-corrected chi connectivity index (χ0v) is 25.1. The molecule has 0 heterocycles. The lowest BCUT2D eigenvalue weighted by Gasteiger charge is -2.25. The van der Waals surface area contributed by atoms with E-state index in [4.69, 9.17) is 4.74 Å². The summed E-state index contributed by atoms with van der Waals surface area (Å²) in [6, 6.07) is 12.9. The summed E-state index contributed by atoms with van der Waals surface area (Å²) in [7, 11) is 1.56. The molecule has 3 rings (SSSR count). The number of halogens is 3. The Hall–Kier alpha value is -3.89. The van der Waals surface area contributed by atoms with Crippen molar-refractivity contribution in [3.05, 3.63) is 99.9 Å².